The van der Waals surface area contributed by atoms with Crippen LogP contribution < -0.4 is 4.74 Å². The first-order valence-corrected chi connectivity index (χ1v) is 5.40. The first kappa shape index (κ1) is 13.9. The molecule has 4 heteroatoms. The minimum absolute atomic E-state index is 0.150. The van der Waals surface area contributed by atoms with E-state index in [1.165, 1.54) is 13.2 Å². The Labute approximate surface area is 100 Å². The van der Waals surface area contributed by atoms with Crippen LogP contribution in [0, 0.1) is 0 Å². The fraction of sp³-hybridized carbons (Fsp3) is 0.538. The number of aliphatic hydroxyl groups is 1. The molecule has 0 saturated heterocycles. The zero-order chi connectivity index (χ0) is 13.3. The van der Waals surface area contributed by atoms with Gasteiger partial charge in [-0.25, -0.2) is 8.78 Å². The number of rotatable bonds is 4. The molecule has 0 aliphatic rings. The van der Waals surface area contributed by atoms with Crippen LogP contribution in [0.1, 0.15) is 31.9 Å². The van der Waals surface area contributed by atoms with Crippen molar-refractivity contribution < 1.29 is 18.6 Å². The van der Waals surface area contributed by atoms with Crippen molar-refractivity contribution in [3.63, 3.8) is 0 Å². The van der Waals surface area contributed by atoms with Crippen LogP contribution in [0.5, 0.6) is 5.75 Å². The van der Waals surface area contributed by atoms with Crippen LogP contribution in [0.2, 0.25) is 0 Å². The molecule has 1 N–H and O–H groups in total. The summed E-state index contributed by atoms with van der Waals surface area (Å²) in [5.41, 5.74) is -0.475. The molecule has 0 fully saturated rings. The number of methoxy groups -OCH3 is 1. The van der Waals surface area contributed by atoms with E-state index in [2.05, 4.69) is 0 Å². The van der Waals surface area contributed by atoms with Crippen molar-refractivity contribution in [1.82, 2.24) is 0 Å². The van der Waals surface area contributed by atoms with Gasteiger partial charge in [-0.05, 0) is 11.6 Å². The maximum Gasteiger partial charge on any atom is 0.274 e. The molecule has 0 unspecified atom stereocenters. The number of aliphatic hydroxyl groups excluding tert-OH is 1. The highest BCUT2D eigenvalue weighted by molar-refractivity contribution is 5.46. The summed E-state index contributed by atoms with van der Waals surface area (Å²) in [6, 6.07) is 4.76. The van der Waals surface area contributed by atoms with Crippen LogP contribution in [0.3, 0.4) is 0 Å². The van der Waals surface area contributed by atoms with Crippen LogP contribution in [-0.4, -0.2) is 18.8 Å². The molecule has 1 aromatic rings. The smallest absolute Gasteiger partial charge is 0.274 e. The third-order valence-electron chi connectivity index (χ3n) is 2.81. The van der Waals surface area contributed by atoms with Crippen molar-refractivity contribution in [2.75, 3.05) is 13.7 Å². The minimum atomic E-state index is -3.01. The molecule has 0 radical (unpaired) electrons. The largest absolute Gasteiger partial charge is 0.496 e. The lowest BCUT2D eigenvalue weighted by Crippen LogP contribution is -2.27. The van der Waals surface area contributed by atoms with Crippen molar-refractivity contribution in [2.45, 2.75) is 32.1 Å². The Hall–Kier alpha value is -1.16. The van der Waals surface area contributed by atoms with Gasteiger partial charge in [0.15, 0.2) is 0 Å². The van der Waals surface area contributed by atoms with Crippen LogP contribution >= 0.6 is 0 Å². The second-order valence-corrected chi connectivity index (χ2v) is 4.81. The molecular formula is C13H18F2O2. The Bertz CT molecular complexity index is 395. The Balaban J connectivity index is 3.51. The molecule has 0 amide bonds. The van der Waals surface area contributed by atoms with Crippen LogP contribution in [0.25, 0.3) is 0 Å². The molecular weight excluding hydrogens is 226 g/mol. The monoisotopic (exact) mass is 244 g/mol. The third-order valence-corrected chi connectivity index (χ3v) is 2.81. The molecule has 0 heterocycles. The fourth-order valence-corrected chi connectivity index (χ4v) is 1.80. The average molecular weight is 244 g/mol. The normalized spacial score (nSPS) is 12.6. The van der Waals surface area contributed by atoms with Gasteiger partial charge < -0.3 is 9.84 Å². The van der Waals surface area contributed by atoms with Gasteiger partial charge in [0.2, 0.25) is 0 Å². The summed E-state index contributed by atoms with van der Waals surface area (Å²) >= 11 is 0. The number of hydrogen-bond acceptors (Lipinski definition) is 2. The molecule has 0 bridgehead atoms. The highest BCUT2D eigenvalue weighted by Gasteiger charge is 2.36. The standard InChI is InChI=1S/C13H18F2O2/c1-12(2,8-16)9-6-5-7-10(17-4)11(9)13(3,14)15/h5-7,16H,8H2,1-4H3. The summed E-state index contributed by atoms with van der Waals surface area (Å²) < 4.78 is 32.3. The molecule has 0 aliphatic heterocycles. The molecule has 1 aromatic carbocycles. The van der Waals surface area contributed by atoms with E-state index >= 15 is 0 Å². The lowest BCUT2D eigenvalue weighted by molar-refractivity contribution is 0.0125. The number of ether oxygens (including phenoxy) is 1. The van der Waals surface area contributed by atoms with Crippen molar-refractivity contribution in [2.24, 2.45) is 0 Å². The first-order valence-electron chi connectivity index (χ1n) is 5.40. The van der Waals surface area contributed by atoms with Crippen molar-refractivity contribution in [3.8, 4) is 5.75 Å². The van der Waals surface area contributed by atoms with Crippen molar-refractivity contribution in [3.05, 3.63) is 29.3 Å². The number of halogens is 2. The third kappa shape index (κ3) is 2.75. The predicted molar refractivity (Wildman–Crippen MR) is 62.7 cm³/mol. The predicted octanol–water partition coefficient (Wildman–Crippen LogP) is 3.08. The zero-order valence-electron chi connectivity index (χ0n) is 10.6. The molecule has 96 valence electrons. The molecule has 1 rings (SSSR count). The second-order valence-electron chi connectivity index (χ2n) is 4.81. The van der Waals surface area contributed by atoms with Crippen molar-refractivity contribution >= 4 is 0 Å². The van der Waals surface area contributed by atoms with E-state index in [1.54, 1.807) is 26.0 Å². The topological polar surface area (TPSA) is 29.5 Å². The van der Waals surface area contributed by atoms with E-state index in [9.17, 15) is 13.9 Å². The Morgan fingerprint density at radius 1 is 1.24 bits per heavy atom. The van der Waals surface area contributed by atoms with Gasteiger partial charge in [-0.2, -0.15) is 0 Å². The SMILES string of the molecule is COc1cccc(C(C)(C)CO)c1C(C)(F)F. The maximum absolute atomic E-state index is 13.7. The second kappa shape index (κ2) is 4.61. The quantitative estimate of drug-likeness (QED) is 0.882. The highest BCUT2D eigenvalue weighted by atomic mass is 19.3. The van der Waals surface area contributed by atoms with E-state index in [-0.39, 0.29) is 17.9 Å². The minimum Gasteiger partial charge on any atom is -0.496 e. The average Bonchev–Trinajstić information content (AvgIpc) is 2.26. The van der Waals surface area contributed by atoms with E-state index < -0.39 is 11.3 Å². The molecule has 0 spiro atoms. The van der Waals surface area contributed by atoms with Gasteiger partial charge >= 0.3 is 0 Å². The summed E-state index contributed by atoms with van der Waals surface area (Å²) in [5.74, 6) is -2.86. The van der Waals surface area contributed by atoms with Crippen LogP contribution in [-0.2, 0) is 11.3 Å². The van der Waals surface area contributed by atoms with E-state index in [4.69, 9.17) is 4.74 Å². The highest BCUT2D eigenvalue weighted by Crippen LogP contribution is 2.41. The maximum atomic E-state index is 13.7. The molecule has 0 aromatic heterocycles. The van der Waals surface area contributed by atoms with Gasteiger partial charge in [-0.15, -0.1) is 0 Å². The number of hydrogen-bond donors (Lipinski definition) is 1. The lowest BCUT2D eigenvalue weighted by Gasteiger charge is -2.28. The van der Waals surface area contributed by atoms with Gasteiger partial charge in [-0.3, -0.25) is 0 Å². The Kier molecular flexibility index (Phi) is 3.77. The van der Waals surface area contributed by atoms with Gasteiger partial charge in [0.1, 0.15) is 5.75 Å². The molecule has 17 heavy (non-hydrogen) atoms. The Morgan fingerprint density at radius 2 is 1.82 bits per heavy atom. The zero-order valence-corrected chi connectivity index (χ0v) is 10.6. The molecule has 0 atom stereocenters. The molecule has 2 nitrogen and oxygen atoms in total. The summed E-state index contributed by atoms with van der Waals surface area (Å²) in [7, 11) is 1.36. The van der Waals surface area contributed by atoms with E-state index in [0.29, 0.717) is 5.56 Å². The van der Waals surface area contributed by atoms with Crippen molar-refractivity contribution in [1.29, 1.82) is 0 Å². The first-order chi connectivity index (χ1) is 7.74. The van der Waals surface area contributed by atoms with Gasteiger partial charge in [0.25, 0.3) is 5.92 Å². The lowest BCUT2D eigenvalue weighted by atomic mass is 9.81. The molecule has 0 aliphatic carbocycles. The van der Waals surface area contributed by atoms with Gasteiger partial charge in [0, 0.05) is 12.3 Å². The van der Waals surface area contributed by atoms with Gasteiger partial charge in [0.05, 0.1) is 19.3 Å². The Morgan fingerprint density at radius 3 is 2.24 bits per heavy atom. The summed E-state index contributed by atoms with van der Waals surface area (Å²) in [6.45, 7) is 4.07. The summed E-state index contributed by atoms with van der Waals surface area (Å²) in [4.78, 5) is 0. The number of benzene rings is 1. The van der Waals surface area contributed by atoms with E-state index in [1.807, 2.05) is 0 Å². The molecule has 0 saturated carbocycles. The van der Waals surface area contributed by atoms with Crippen LogP contribution in [0.15, 0.2) is 18.2 Å². The van der Waals surface area contributed by atoms with Gasteiger partial charge in [-0.1, -0.05) is 26.0 Å². The van der Waals surface area contributed by atoms with Crippen LogP contribution in [0.4, 0.5) is 8.78 Å². The fourth-order valence-electron chi connectivity index (χ4n) is 1.80. The summed E-state index contributed by atoms with van der Waals surface area (Å²) in [6.07, 6.45) is 0. The van der Waals surface area contributed by atoms with E-state index in [0.717, 1.165) is 6.92 Å². The summed E-state index contributed by atoms with van der Waals surface area (Å²) in [5, 5.41) is 9.32. The number of alkyl halides is 2.